The molecule has 0 amide bonds. The van der Waals surface area contributed by atoms with E-state index in [2.05, 4.69) is 34.6 Å². The molecule has 9 atom stereocenters. The van der Waals surface area contributed by atoms with Crippen LogP contribution in [0.5, 0.6) is 0 Å². The van der Waals surface area contributed by atoms with Gasteiger partial charge in [-0.25, -0.2) is 0 Å². The normalized spacial score (nSPS) is 49.4. The molecule has 0 radical (unpaired) electrons. The molecule has 4 saturated carbocycles. The first-order valence-electron chi connectivity index (χ1n) is 13.0. The monoisotopic (exact) mass is 387 g/mol. The van der Waals surface area contributed by atoms with Crippen LogP contribution in [0.2, 0.25) is 0 Å². The first-order valence-corrected chi connectivity index (χ1v) is 13.0. The largest absolute Gasteiger partial charge is 0.327 e. The van der Waals surface area contributed by atoms with E-state index in [0.29, 0.717) is 16.9 Å². The van der Waals surface area contributed by atoms with Gasteiger partial charge in [0.05, 0.1) is 0 Å². The molecule has 0 aliphatic heterocycles. The van der Waals surface area contributed by atoms with E-state index in [0.717, 1.165) is 41.4 Å². The zero-order valence-electron chi connectivity index (χ0n) is 19.7. The molecule has 0 spiro atoms. The highest BCUT2D eigenvalue weighted by atomic mass is 14.7. The summed E-state index contributed by atoms with van der Waals surface area (Å²) in [6.07, 6.45) is 17.5. The Bertz CT molecular complexity index is 540. The lowest BCUT2D eigenvalue weighted by Gasteiger charge is -2.61. The fraction of sp³-hybridized carbons (Fsp3) is 1.00. The molecule has 4 fully saturated rings. The van der Waals surface area contributed by atoms with Gasteiger partial charge in [-0.15, -0.1) is 0 Å². The minimum absolute atomic E-state index is 0.491. The van der Waals surface area contributed by atoms with Gasteiger partial charge in [-0.05, 0) is 104 Å². The highest BCUT2D eigenvalue weighted by molar-refractivity contribution is 5.10. The van der Waals surface area contributed by atoms with Crippen LogP contribution in [-0.2, 0) is 0 Å². The Morgan fingerprint density at radius 2 is 1.50 bits per heavy atom. The zero-order valence-corrected chi connectivity index (χ0v) is 19.7. The van der Waals surface area contributed by atoms with Gasteiger partial charge in [-0.2, -0.15) is 0 Å². The first kappa shape index (κ1) is 21.2. The molecule has 1 heteroatoms. The molecule has 2 N–H and O–H groups in total. The maximum absolute atomic E-state index is 6.66. The molecule has 0 aromatic heterocycles. The van der Waals surface area contributed by atoms with Crippen molar-refractivity contribution in [1.82, 2.24) is 0 Å². The summed E-state index contributed by atoms with van der Waals surface area (Å²) in [5, 5.41) is 0. The van der Waals surface area contributed by atoms with Crippen molar-refractivity contribution in [2.24, 2.45) is 58.0 Å². The summed E-state index contributed by atoms with van der Waals surface area (Å²) in [5.74, 6) is 6.61. The predicted molar refractivity (Wildman–Crippen MR) is 121 cm³/mol. The molecule has 0 heterocycles. The van der Waals surface area contributed by atoms with Crippen molar-refractivity contribution in [3.63, 3.8) is 0 Å². The van der Waals surface area contributed by atoms with Crippen molar-refractivity contribution in [2.45, 2.75) is 118 Å². The van der Waals surface area contributed by atoms with Crippen LogP contribution >= 0.6 is 0 Å². The van der Waals surface area contributed by atoms with Gasteiger partial charge in [-0.3, -0.25) is 0 Å². The number of hydrogen-bond donors (Lipinski definition) is 1. The van der Waals surface area contributed by atoms with Gasteiger partial charge < -0.3 is 5.73 Å². The van der Waals surface area contributed by atoms with Crippen molar-refractivity contribution >= 4 is 0 Å². The van der Waals surface area contributed by atoms with Crippen LogP contribution in [0.3, 0.4) is 0 Å². The molecule has 1 nitrogen and oxygen atoms in total. The Hall–Kier alpha value is -0.0400. The number of nitrogens with two attached hydrogens (primary N) is 1. The van der Waals surface area contributed by atoms with Gasteiger partial charge in [0.15, 0.2) is 0 Å². The summed E-state index contributed by atoms with van der Waals surface area (Å²) in [5.41, 5.74) is 7.85. The lowest BCUT2D eigenvalue weighted by molar-refractivity contribution is -0.119. The molecule has 4 aliphatic rings. The van der Waals surface area contributed by atoms with E-state index in [1.54, 1.807) is 0 Å². The number of fused-ring (bicyclic) bond motifs is 5. The minimum Gasteiger partial charge on any atom is -0.327 e. The Labute approximate surface area is 176 Å². The van der Waals surface area contributed by atoms with Crippen LogP contribution in [0.1, 0.15) is 112 Å². The fourth-order valence-corrected chi connectivity index (χ4v) is 9.50. The van der Waals surface area contributed by atoms with E-state index in [9.17, 15) is 0 Å². The summed E-state index contributed by atoms with van der Waals surface area (Å²) in [4.78, 5) is 0. The Balaban J connectivity index is 1.47. The summed E-state index contributed by atoms with van der Waals surface area (Å²) >= 11 is 0. The summed E-state index contributed by atoms with van der Waals surface area (Å²) in [6.45, 7) is 12.8. The number of rotatable bonds is 5. The molecular weight excluding hydrogens is 338 g/mol. The van der Waals surface area contributed by atoms with Crippen LogP contribution in [0.25, 0.3) is 0 Å². The third-order valence-corrected chi connectivity index (χ3v) is 10.9. The fourth-order valence-electron chi connectivity index (χ4n) is 9.50. The maximum atomic E-state index is 6.66. The quantitative estimate of drug-likeness (QED) is 0.521. The highest BCUT2D eigenvalue weighted by Crippen LogP contribution is 2.68. The average Bonchev–Trinajstić information content (AvgIpc) is 2.98. The SMILES string of the molecule is CC(C)CCC[C@@H](C)[C@H]1CC[C@H]2[C@@H]3CCC4C(N)CCC[C@]4(C)[C@H]3CC[C@]12C. The number of hydrogen-bond acceptors (Lipinski definition) is 1. The highest BCUT2D eigenvalue weighted by Gasteiger charge is 2.60. The standard InChI is InChI=1S/C27H49N/c1-18(2)8-6-9-19(3)21-13-14-22-20-11-12-24-25(28)10-7-16-26(24,4)23(20)15-17-27(21,22)5/h18-25H,6-17,28H2,1-5H3/t19-,20+,21-,22+,23+,24?,25?,26-,27-/m1/s1. The van der Waals surface area contributed by atoms with Gasteiger partial charge in [0.2, 0.25) is 0 Å². The van der Waals surface area contributed by atoms with Crippen LogP contribution in [0.15, 0.2) is 0 Å². The third-order valence-electron chi connectivity index (χ3n) is 10.9. The van der Waals surface area contributed by atoms with E-state index >= 15 is 0 Å². The van der Waals surface area contributed by atoms with Crippen molar-refractivity contribution in [1.29, 1.82) is 0 Å². The van der Waals surface area contributed by atoms with Crippen molar-refractivity contribution < 1.29 is 0 Å². The molecule has 0 saturated heterocycles. The topological polar surface area (TPSA) is 26.0 Å². The lowest BCUT2D eigenvalue weighted by atomic mass is 9.44. The second-order valence-electron chi connectivity index (χ2n) is 12.7. The molecule has 4 aliphatic carbocycles. The van der Waals surface area contributed by atoms with E-state index in [1.165, 1.54) is 77.0 Å². The Morgan fingerprint density at radius 1 is 0.786 bits per heavy atom. The first-order chi connectivity index (χ1) is 13.3. The minimum atomic E-state index is 0.491. The van der Waals surface area contributed by atoms with E-state index in [1.807, 2.05) is 0 Å². The van der Waals surface area contributed by atoms with Gasteiger partial charge in [0, 0.05) is 6.04 Å². The third kappa shape index (κ3) is 3.40. The Morgan fingerprint density at radius 3 is 2.25 bits per heavy atom. The summed E-state index contributed by atoms with van der Waals surface area (Å²) < 4.78 is 0. The average molecular weight is 388 g/mol. The molecule has 162 valence electrons. The van der Waals surface area contributed by atoms with Crippen molar-refractivity contribution in [2.75, 3.05) is 0 Å². The van der Waals surface area contributed by atoms with Crippen LogP contribution in [-0.4, -0.2) is 6.04 Å². The van der Waals surface area contributed by atoms with Crippen LogP contribution < -0.4 is 5.73 Å². The smallest absolute Gasteiger partial charge is 0.00724 e. The second kappa shape index (κ2) is 7.90. The molecule has 0 aromatic carbocycles. The predicted octanol–water partition coefficient (Wildman–Crippen LogP) is 7.44. The molecular formula is C27H49N. The Kier molecular flexibility index (Phi) is 5.98. The maximum Gasteiger partial charge on any atom is 0.00724 e. The van der Waals surface area contributed by atoms with Gasteiger partial charge >= 0.3 is 0 Å². The van der Waals surface area contributed by atoms with Crippen LogP contribution in [0.4, 0.5) is 0 Å². The van der Waals surface area contributed by atoms with E-state index in [4.69, 9.17) is 5.73 Å². The molecule has 2 unspecified atom stereocenters. The van der Waals surface area contributed by atoms with E-state index < -0.39 is 0 Å². The zero-order chi connectivity index (χ0) is 20.1. The van der Waals surface area contributed by atoms with Crippen molar-refractivity contribution in [3.05, 3.63) is 0 Å². The summed E-state index contributed by atoms with van der Waals surface area (Å²) in [6, 6.07) is 0.491. The lowest BCUT2D eigenvalue weighted by Crippen LogP contribution is -2.57. The molecule has 28 heavy (non-hydrogen) atoms. The van der Waals surface area contributed by atoms with Gasteiger partial charge in [0.25, 0.3) is 0 Å². The van der Waals surface area contributed by atoms with Gasteiger partial charge in [-0.1, -0.05) is 60.3 Å². The van der Waals surface area contributed by atoms with Gasteiger partial charge in [0.1, 0.15) is 0 Å². The molecule has 0 bridgehead atoms. The van der Waals surface area contributed by atoms with Crippen LogP contribution in [0, 0.1) is 52.3 Å². The molecule has 4 rings (SSSR count). The van der Waals surface area contributed by atoms with E-state index in [-0.39, 0.29) is 0 Å². The second-order valence-corrected chi connectivity index (χ2v) is 12.7. The molecule has 0 aromatic rings. The van der Waals surface area contributed by atoms with Crippen molar-refractivity contribution in [3.8, 4) is 0 Å². The summed E-state index contributed by atoms with van der Waals surface area (Å²) in [7, 11) is 0.